The molecular weight excluding hydrogens is 280 g/mol. The van der Waals surface area contributed by atoms with Gasteiger partial charge in [-0.05, 0) is 43.9 Å². The van der Waals surface area contributed by atoms with Crippen molar-refractivity contribution in [3.8, 4) is 11.5 Å². The average molecular weight is 301 g/mol. The van der Waals surface area contributed by atoms with E-state index in [1.54, 1.807) is 19.1 Å². The molecule has 0 saturated heterocycles. The van der Waals surface area contributed by atoms with Crippen molar-refractivity contribution >= 4 is 15.9 Å². The molecule has 0 aliphatic heterocycles. The zero-order valence-corrected chi connectivity index (χ0v) is 12.0. The number of aromatic hydroxyl groups is 2. The Morgan fingerprint density at radius 2 is 1.47 bits per heavy atom. The molecule has 0 saturated carbocycles. The first kappa shape index (κ1) is 14.4. The molecule has 1 rings (SSSR count). The molecule has 0 unspecified atom stereocenters. The summed E-state index contributed by atoms with van der Waals surface area (Å²) < 4.78 is 0. The predicted octanol–water partition coefficient (Wildman–Crippen LogP) is 4.29. The molecule has 1 aromatic carbocycles. The number of halogens is 1. The maximum atomic E-state index is 9.59. The Bertz CT molecular complexity index is 327. The van der Waals surface area contributed by atoms with Crippen LogP contribution in [-0.4, -0.2) is 15.5 Å². The number of phenolic OH excluding ortho intramolecular Hbond substituents is 2. The molecule has 96 valence electrons. The Hall–Kier alpha value is -0.700. The molecule has 0 radical (unpaired) electrons. The molecule has 17 heavy (non-hydrogen) atoms. The van der Waals surface area contributed by atoms with Crippen molar-refractivity contribution in [1.82, 2.24) is 0 Å². The maximum Gasteiger partial charge on any atom is 0.122 e. The maximum absolute atomic E-state index is 9.59. The van der Waals surface area contributed by atoms with Gasteiger partial charge in [0.15, 0.2) is 0 Å². The lowest BCUT2D eigenvalue weighted by Gasteiger charge is -2.07. The first-order chi connectivity index (χ1) is 8.15. The molecule has 0 amide bonds. The first-order valence-electron chi connectivity index (χ1n) is 6.22. The standard InChI is InChI=1S/C14H21BrO2/c1-11-13(16)9-12(10-14(11)17)7-5-3-2-4-6-8-15/h9-10,16-17H,2-8H2,1H3. The summed E-state index contributed by atoms with van der Waals surface area (Å²) in [6, 6.07) is 3.51. The smallest absolute Gasteiger partial charge is 0.122 e. The van der Waals surface area contributed by atoms with Crippen LogP contribution in [0.3, 0.4) is 0 Å². The molecule has 0 heterocycles. The minimum Gasteiger partial charge on any atom is -0.508 e. The van der Waals surface area contributed by atoms with Crippen LogP contribution in [0.2, 0.25) is 0 Å². The van der Waals surface area contributed by atoms with Gasteiger partial charge in [0, 0.05) is 10.9 Å². The van der Waals surface area contributed by atoms with Crippen LogP contribution >= 0.6 is 15.9 Å². The van der Waals surface area contributed by atoms with Gasteiger partial charge in [-0.2, -0.15) is 0 Å². The van der Waals surface area contributed by atoms with Gasteiger partial charge in [-0.25, -0.2) is 0 Å². The average Bonchev–Trinajstić information content (AvgIpc) is 2.30. The van der Waals surface area contributed by atoms with Gasteiger partial charge in [0.25, 0.3) is 0 Å². The molecule has 0 bridgehead atoms. The summed E-state index contributed by atoms with van der Waals surface area (Å²) in [5.41, 5.74) is 1.58. The fourth-order valence-corrected chi connectivity index (χ4v) is 2.24. The Kier molecular flexibility index (Phi) is 6.41. The van der Waals surface area contributed by atoms with Gasteiger partial charge in [-0.1, -0.05) is 35.2 Å². The Morgan fingerprint density at radius 3 is 2.06 bits per heavy atom. The molecule has 2 N–H and O–H groups in total. The highest BCUT2D eigenvalue weighted by Crippen LogP contribution is 2.28. The molecule has 3 heteroatoms. The van der Waals surface area contributed by atoms with Crippen LogP contribution in [-0.2, 0) is 6.42 Å². The van der Waals surface area contributed by atoms with E-state index in [9.17, 15) is 10.2 Å². The van der Waals surface area contributed by atoms with Crippen LogP contribution in [0, 0.1) is 6.92 Å². The van der Waals surface area contributed by atoms with Gasteiger partial charge in [0.2, 0.25) is 0 Å². The number of phenols is 2. The van der Waals surface area contributed by atoms with Gasteiger partial charge in [0.1, 0.15) is 11.5 Å². The highest BCUT2D eigenvalue weighted by Gasteiger charge is 2.04. The number of aryl methyl sites for hydroxylation is 1. The lowest BCUT2D eigenvalue weighted by molar-refractivity contribution is 0.441. The van der Waals surface area contributed by atoms with E-state index in [2.05, 4.69) is 15.9 Å². The van der Waals surface area contributed by atoms with Crippen LogP contribution in [0.4, 0.5) is 0 Å². The summed E-state index contributed by atoms with van der Waals surface area (Å²) in [7, 11) is 0. The van der Waals surface area contributed by atoms with Gasteiger partial charge in [-0.3, -0.25) is 0 Å². The number of hydrogen-bond acceptors (Lipinski definition) is 2. The topological polar surface area (TPSA) is 40.5 Å². The monoisotopic (exact) mass is 300 g/mol. The molecule has 0 aliphatic carbocycles. The fourth-order valence-electron chi connectivity index (χ4n) is 1.84. The van der Waals surface area contributed by atoms with Crippen LogP contribution in [0.15, 0.2) is 12.1 Å². The van der Waals surface area contributed by atoms with Gasteiger partial charge >= 0.3 is 0 Å². The zero-order valence-electron chi connectivity index (χ0n) is 10.4. The SMILES string of the molecule is Cc1c(O)cc(CCCCCCCBr)cc1O. The fraction of sp³-hybridized carbons (Fsp3) is 0.571. The van der Waals surface area contributed by atoms with Gasteiger partial charge in [0.05, 0.1) is 0 Å². The Labute approximate surface area is 112 Å². The minimum absolute atomic E-state index is 0.194. The van der Waals surface area contributed by atoms with E-state index in [4.69, 9.17) is 0 Å². The van der Waals surface area contributed by atoms with Crippen LogP contribution in [0.25, 0.3) is 0 Å². The summed E-state index contributed by atoms with van der Waals surface area (Å²) in [5.74, 6) is 0.388. The van der Waals surface area contributed by atoms with E-state index in [1.807, 2.05) is 0 Å². The number of rotatable bonds is 7. The third kappa shape index (κ3) is 4.99. The Balaban J connectivity index is 2.32. The van der Waals surface area contributed by atoms with Crippen molar-refractivity contribution in [2.75, 3.05) is 5.33 Å². The predicted molar refractivity (Wildman–Crippen MR) is 75.1 cm³/mol. The lowest BCUT2D eigenvalue weighted by atomic mass is 10.0. The highest BCUT2D eigenvalue weighted by atomic mass is 79.9. The summed E-state index contributed by atoms with van der Waals surface area (Å²) in [6.07, 6.45) is 7.03. The van der Waals surface area contributed by atoms with Crippen molar-refractivity contribution in [3.05, 3.63) is 23.3 Å². The number of hydrogen-bond donors (Lipinski definition) is 2. The van der Waals surface area contributed by atoms with E-state index in [0.29, 0.717) is 5.56 Å². The third-order valence-electron chi connectivity index (χ3n) is 3.01. The van der Waals surface area contributed by atoms with Crippen LogP contribution < -0.4 is 0 Å². The van der Waals surface area contributed by atoms with Gasteiger partial charge in [-0.15, -0.1) is 0 Å². The molecule has 0 aliphatic rings. The quantitative estimate of drug-likeness (QED) is 0.582. The van der Waals surface area contributed by atoms with Crippen LogP contribution in [0.5, 0.6) is 11.5 Å². The zero-order chi connectivity index (χ0) is 12.7. The molecular formula is C14H21BrO2. The van der Waals surface area contributed by atoms with Crippen molar-refractivity contribution in [3.63, 3.8) is 0 Å². The summed E-state index contributed by atoms with van der Waals surface area (Å²) in [6.45, 7) is 1.72. The molecule has 0 aromatic heterocycles. The van der Waals surface area contributed by atoms with Crippen molar-refractivity contribution < 1.29 is 10.2 Å². The highest BCUT2D eigenvalue weighted by molar-refractivity contribution is 9.09. The van der Waals surface area contributed by atoms with E-state index in [1.165, 1.54) is 25.7 Å². The van der Waals surface area contributed by atoms with Crippen LogP contribution in [0.1, 0.15) is 43.2 Å². The minimum atomic E-state index is 0.194. The number of alkyl halides is 1. The van der Waals surface area contributed by atoms with E-state index >= 15 is 0 Å². The first-order valence-corrected chi connectivity index (χ1v) is 7.34. The Morgan fingerprint density at radius 1 is 0.941 bits per heavy atom. The van der Waals surface area contributed by atoms with Crippen molar-refractivity contribution in [2.24, 2.45) is 0 Å². The number of benzene rings is 1. The van der Waals surface area contributed by atoms with Crippen molar-refractivity contribution in [1.29, 1.82) is 0 Å². The van der Waals surface area contributed by atoms with E-state index in [-0.39, 0.29) is 11.5 Å². The molecule has 0 spiro atoms. The second-order valence-electron chi connectivity index (χ2n) is 4.47. The third-order valence-corrected chi connectivity index (χ3v) is 3.57. The second-order valence-corrected chi connectivity index (χ2v) is 5.26. The molecule has 1 aromatic rings. The summed E-state index contributed by atoms with van der Waals surface area (Å²) in [4.78, 5) is 0. The van der Waals surface area contributed by atoms with E-state index < -0.39 is 0 Å². The lowest BCUT2D eigenvalue weighted by Crippen LogP contribution is -1.88. The summed E-state index contributed by atoms with van der Waals surface area (Å²) >= 11 is 3.42. The van der Waals surface area contributed by atoms with E-state index in [0.717, 1.165) is 23.7 Å². The largest absolute Gasteiger partial charge is 0.508 e. The van der Waals surface area contributed by atoms with Gasteiger partial charge < -0.3 is 10.2 Å². The molecule has 0 atom stereocenters. The normalized spacial score (nSPS) is 10.7. The number of unbranched alkanes of at least 4 members (excludes halogenated alkanes) is 4. The second kappa shape index (κ2) is 7.59. The summed E-state index contributed by atoms with van der Waals surface area (Å²) in [5, 5.41) is 20.3. The van der Waals surface area contributed by atoms with Crippen molar-refractivity contribution in [2.45, 2.75) is 45.4 Å². The molecule has 2 nitrogen and oxygen atoms in total. The molecule has 0 fully saturated rings.